The van der Waals surface area contributed by atoms with Crippen molar-refractivity contribution in [2.24, 2.45) is 16.3 Å². The highest BCUT2D eigenvalue weighted by Crippen LogP contribution is 2.41. The Morgan fingerprint density at radius 1 is 1.06 bits per heavy atom. The molecule has 1 saturated heterocycles. The molecular weight excluding hydrogens is 438 g/mol. The smallest absolute Gasteiger partial charge is 0.166 e. The van der Waals surface area contributed by atoms with E-state index in [2.05, 4.69) is 69.8 Å². The minimum Gasteiger partial charge on any atom is -0.377 e. The molecule has 2 aromatic rings. The van der Waals surface area contributed by atoms with E-state index in [0.29, 0.717) is 13.2 Å². The third-order valence-corrected chi connectivity index (χ3v) is 7.36. The number of rotatable bonds is 4. The number of ether oxygens (including phenoxy) is 1. The minimum absolute atomic E-state index is 0.0724. The molecule has 1 unspecified atom stereocenters. The van der Waals surface area contributed by atoms with Crippen molar-refractivity contribution < 1.29 is 4.74 Å². The van der Waals surface area contributed by atoms with E-state index in [1.165, 1.54) is 12.8 Å². The molecule has 35 heavy (non-hydrogen) atoms. The van der Waals surface area contributed by atoms with Gasteiger partial charge in [-0.15, -0.1) is 0 Å². The first-order valence-electron chi connectivity index (χ1n) is 13.1. The van der Waals surface area contributed by atoms with Crippen LogP contribution in [0, 0.1) is 11.3 Å². The Balaban J connectivity index is 1.73. The van der Waals surface area contributed by atoms with E-state index >= 15 is 0 Å². The number of hydrogen-bond donors (Lipinski definition) is 0. The van der Waals surface area contributed by atoms with E-state index in [4.69, 9.17) is 24.7 Å². The second-order valence-electron chi connectivity index (χ2n) is 12.5. The first-order valence-corrected chi connectivity index (χ1v) is 13.1. The van der Waals surface area contributed by atoms with Crippen LogP contribution in [0.2, 0.25) is 0 Å². The monoisotopic (exact) mass is 479 g/mol. The van der Waals surface area contributed by atoms with Gasteiger partial charge in [-0.05, 0) is 53.4 Å². The number of anilines is 1. The fourth-order valence-electron chi connectivity index (χ4n) is 5.28. The molecule has 1 aliphatic carbocycles. The maximum atomic E-state index is 5.74. The summed E-state index contributed by atoms with van der Waals surface area (Å²) in [7, 11) is 0. The van der Waals surface area contributed by atoms with Crippen LogP contribution in [0.5, 0.6) is 0 Å². The number of imidazole rings is 1. The zero-order valence-corrected chi connectivity index (χ0v) is 22.7. The second-order valence-corrected chi connectivity index (χ2v) is 12.5. The summed E-state index contributed by atoms with van der Waals surface area (Å²) in [5, 5.41) is 0. The Morgan fingerprint density at radius 3 is 2.43 bits per heavy atom. The fourth-order valence-corrected chi connectivity index (χ4v) is 5.28. The van der Waals surface area contributed by atoms with E-state index in [1.54, 1.807) is 0 Å². The molecule has 2 fully saturated rings. The number of aromatic nitrogens is 4. The van der Waals surface area contributed by atoms with Gasteiger partial charge in [0.05, 0.1) is 43.7 Å². The van der Waals surface area contributed by atoms with Crippen LogP contribution in [0.15, 0.2) is 17.0 Å². The predicted octanol–water partition coefficient (Wildman–Crippen LogP) is 4.75. The van der Waals surface area contributed by atoms with Crippen LogP contribution >= 0.6 is 0 Å². The topological polar surface area (TPSA) is 71.7 Å². The molecule has 4 heterocycles. The number of fused-ring (bicyclic) bond motifs is 1. The fraction of sp³-hybridized carbons (Fsp3) is 0.704. The Hall–Kier alpha value is -2.48. The number of nitrogens with zero attached hydrogens (tertiary/aromatic N) is 7. The summed E-state index contributed by atoms with van der Waals surface area (Å²) in [6.45, 7) is 21.0. The zero-order chi connectivity index (χ0) is 25.1. The highest BCUT2D eigenvalue weighted by atomic mass is 16.5. The molecule has 0 amide bonds. The van der Waals surface area contributed by atoms with Crippen LogP contribution in [-0.2, 0) is 11.3 Å². The van der Waals surface area contributed by atoms with Gasteiger partial charge in [-0.25, -0.2) is 19.9 Å². The molecule has 0 bridgehead atoms. The van der Waals surface area contributed by atoms with Crippen LogP contribution in [0.25, 0.3) is 16.7 Å². The summed E-state index contributed by atoms with van der Waals surface area (Å²) in [4.78, 5) is 25.0. The zero-order valence-electron chi connectivity index (χ0n) is 22.7. The molecule has 2 atom stereocenters. The average molecular weight is 480 g/mol. The van der Waals surface area contributed by atoms with Crippen molar-refractivity contribution in [3.63, 3.8) is 0 Å². The summed E-state index contributed by atoms with van der Waals surface area (Å²) >= 11 is 0. The van der Waals surface area contributed by atoms with Gasteiger partial charge < -0.3 is 19.1 Å². The van der Waals surface area contributed by atoms with Gasteiger partial charge in [0.25, 0.3) is 0 Å². The first kappa shape index (κ1) is 24.2. The molecule has 2 aromatic heterocycles. The molecule has 0 spiro atoms. The lowest BCUT2D eigenvalue weighted by Crippen LogP contribution is -2.49. The van der Waals surface area contributed by atoms with Crippen molar-refractivity contribution in [2.45, 2.75) is 92.4 Å². The molecule has 8 heteroatoms. The molecule has 3 aliphatic rings. The largest absolute Gasteiger partial charge is 0.377 e. The van der Waals surface area contributed by atoms with Crippen LogP contribution in [0.1, 0.15) is 74.1 Å². The SMILES string of the molecule is CC1C(c2nc(N3CCOC[C@@H]3C)c3ncn(CC4CC4)c3n2)=C(C(C)(C)C)N=CN1C(C)(C)C. The maximum Gasteiger partial charge on any atom is 0.166 e. The molecule has 8 nitrogen and oxygen atoms in total. The lowest BCUT2D eigenvalue weighted by atomic mass is 9.84. The second kappa shape index (κ2) is 8.57. The van der Waals surface area contributed by atoms with Gasteiger partial charge in [0.2, 0.25) is 0 Å². The molecule has 1 saturated carbocycles. The highest BCUT2D eigenvalue weighted by Gasteiger charge is 2.37. The number of hydrogen-bond acceptors (Lipinski definition) is 7. The van der Waals surface area contributed by atoms with Crippen molar-refractivity contribution in [2.75, 3.05) is 24.7 Å². The van der Waals surface area contributed by atoms with Gasteiger partial charge in [0, 0.05) is 29.6 Å². The van der Waals surface area contributed by atoms with Gasteiger partial charge in [-0.2, -0.15) is 0 Å². The van der Waals surface area contributed by atoms with E-state index in [0.717, 1.165) is 53.1 Å². The van der Waals surface area contributed by atoms with Crippen LogP contribution in [0.3, 0.4) is 0 Å². The number of morpholine rings is 1. The van der Waals surface area contributed by atoms with E-state index in [-0.39, 0.29) is 23.0 Å². The molecule has 2 aliphatic heterocycles. The molecule has 5 rings (SSSR count). The summed E-state index contributed by atoms with van der Waals surface area (Å²) in [6.07, 6.45) is 6.54. The lowest BCUT2D eigenvalue weighted by molar-refractivity contribution is 0.0986. The van der Waals surface area contributed by atoms with E-state index in [1.807, 2.05) is 12.7 Å². The molecule has 0 N–H and O–H groups in total. The molecule has 0 radical (unpaired) electrons. The Morgan fingerprint density at radius 2 is 1.80 bits per heavy atom. The summed E-state index contributed by atoms with van der Waals surface area (Å²) in [6, 6.07) is 0.321. The van der Waals surface area contributed by atoms with E-state index < -0.39 is 0 Å². The van der Waals surface area contributed by atoms with Gasteiger partial charge >= 0.3 is 0 Å². The van der Waals surface area contributed by atoms with Crippen LogP contribution in [0.4, 0.5) is 5.82 Å². The Labute approximate surface area is 209 Å². The van der Waals surface area contributed by atoms with Crippen molar-refractivity contribution in [1.82, 2.24) is 24.4 Å². The molecule has 190 valence electrons. The van der Waals surface area contributed by atoms with Crippen molar-refractivity contribution >= 4 is 28.9 Å². The quantitative estimate of drug-likeness (QED) is 0.630. The van der Waals surface area contributed by atoms with Gasteiger partial charge in [-0.1, -0.05) is 20.8 Å². The van der Waals surface area contributed by atoms with Gasteiger partial charge in [-0.3, -0.25) is 0 Å². The normalized spacial score (nSPS) is 24.1. The van der Waals surface area contributed by atoms with Gasteiger partial charge in [0.15, 0.2) is 22.8 Å². The van der Waals surface area contributed by atoms with Crippen LogP contribution in [-0.4, -0.2) is 68.1 Å². The Kier molecular flexibility index (Phi) is 5.93. The summed E-state index contributed by atoms with van der Waals surface area (Å²) in [5.41, 5.74) is 3.78. The number of allylic oxidation sites excluding steroid dienone is 1. The summed E-state index contributed by atoms with van der Waals surface area (Å²) < 4.78 is 7.98. The first-order chi connectivity index (χ1) is 16.4. The van der Waals surface area contributed by atoms with Gasteiger partial charge in [0.1, 0.15) is 0 Å². The summed E-state index contributed by atoms with van der Waals surface area (Å²) in [5.74, 6) is 2.42. The number of aliphatic imine (C=N–C) groups is 1. The van der Waals surface area contributed by atoms with Crippen molar-refractivity contribution in [3.05, 3.63) is 17.8 Å². The molecular formula is C27H41N7O. The average Bonchev–Trinajstić information content (AvgIpc) is 3.50. The highest BCUT2D eigenvalue weighted by molar-refractivity contribution is 5.87. The third kappa shape index (κ3) is 4.57. The minimum atomic E-state index is -0.136. The Bertz CT molecular complexity index is 1160. The lowest BCUT2D eigenvalue weighted by Gasteiger charge is -2.43. The maximum absolute atomic E-state index is 5.74. The van der Waals surface area contributed by atoms with Crippen LogP contribution < -0.4 is 4.90 Å². The third-order valence-electron chi connectivity index (χ3n) is 7.36. The van der Waals surface area contributed by atoms with Crippen molar-refractivity contribution in [1.29, 1.82) is 0 Å². The standard InChI is InChI=1S/C27H41N7O/c1-17-14-35-12-11-33(17)25-21-24(32(15-28-21)13-19-9-10-19)30-23(31-25)20-18(2)34(27(6,7)8)16-29-22(20)26(3,4)5/h15-19H,9-14H2,1-8H3/t17-,18?/m0/s1. The van der Waals surface area contributed by atoms with E-state index in [9.17, 15) is 0 Å². The predicted molar refractivity (Wildman–Crippen MR) is 142 cm³/mol. The molecule has 0 aromatic carbocycles. The van der Waals surface area contributed by atoms with Crippen molar-refractivity contribution in [3.8, 4) is 0 Å².